The molecule has 7 heteroatoms. The third-order valence-corrected chi connectivity index (χ3v) is 5.23. The molecule has 6 nitrogen and oxygen atoms in total. The van der Waals surface area contributed by atoms with Crippen molar-refractivity contribution in [1.82, 2.24) is 5.32 Å². The lowest BCUT2D eigenvalue weighted by molar-refractivity contribution is -0.123. The molecule has 2 heterocycles. The second-order valence-electron chi connectivity index (χ2n) is 4.80. The van der Waals surface area contributed by atoms with Crippen LogP contribution in [0.1, 0.15) is 19.3 Å². The summed E-state index contributed by atoms with van der Waals surface area (Å²) in [5.41, 5.74) is 4.24. The van der Waals surface area contributed by atoms with Crippen molar-refractivity contribution in [3.05, 3.63) is 0 Å². The SMILES string of the molecule is NC(=O)C1(NCC2CCCO2)CCS(=O)(=O)C1. The number of nitrogens with one attached hydrogen (secondary N) is 1. The van der Waals surface area contributed by atoms with Crippen LogP contribution in [0.4, 0.5) is 0 Å². The Labute approximate surface area is 101 Å². The first-order valence-electron chi connectivity index (χ1n) is 5.81. The standard InChI is InChI=1S/C10H18N2O4S/c11-9(13)10(3-5-17(14,15)7-10)12-6-8-2-1-4-16-8/h8,12H,1-7H2,(H2,11,13). The van der Waals surface area contributed by atoms with Crippen LogP contribution in [-0.4, -0.2) is 50.6 Å². The van der Waals surface area contributed by atoms with Gasteiger partial charge in [-0.15, -0.1) is 0 Å². The van der Waals surface area contributed by atoms with Crippen molar-refractivity contribution in [1.29, 1.82) is 0 Å². The Balaban J connectivity index is 2.00. The van der Waals surface area contributed by atoms with E-state index in [0.717, 1.165) is 19.4 Å². The fourth-order valence-electron chi connectivity index (χ4n) is 2.38. The van der Waals surface area contributed by atoms with Crippen molar-refractivity contribution in [2.75, 3.05) is 24.7 Å². The molecule has 0 aromatic heterocycles. The maximum atomic E-state index is 11.5. The summed E-state index contributed by atoms with van der Waals surface area (Å²) in [6.45, 7) is 1.21. The summed E-state index contributed by atoms with van der Waals surface area (Å²) < 4.78 is 28.4. The fourth-order valence-corrected chi connectivity index (χ4v) is 4.33. The largest absolute Gasteiger partial charge is 0.377 e. The van der Waals surface area contributed by atoms with Gasteiger partial charge < -0.3 is 10.5 Å². The van der Waals surface area contributed by atoms with E-state index in [0.29, 0.717) is 6.54 Å². The molecule has 0 spiro atoms. The van der Waals surface area contributed by atoms with Gasteiger partial charge in [0.2, 0.25) is 5.91 Å². The van der Waals surface area contributed by atoms with Gasteiger partial charge in [0.15, 0.2) is 9.84 Å². The summed E-state index contributed by atoms with van der Waals surface area (Å²) in [5, 5.41) is 3.01. The van der Waals surface area contributed by atoms with Crippen LogP contribution in [0.25, 0.3) is 0 Å². The average molecular weight is 262 g/mol. The van der Waals surface area contributed by atoms with Crippen LogP contribution in [0.2, 0.25) is 0 Å². The highest BCUT2D eigenvalue weighted by molar-refractivity contribution is 7.91. The zero-order valence-corrected chi connectivity index (χ0v) is 10.5. The molecule has 0 aromatic carbocycles. The average Bonchev–Trinajstić information content (AvgIpc) is 2.83. The number of rotatable bonds is 4. The summed E-state index contributed by atoms with van der Waals surface area (Å²) in [7, 11) is -3.15. The minimum Gasteiger partial charge on any atom is -0.377 e. The Morgan fingerprint density at radius 2 is 2.29 bits per heavy atom. The van der Waals surface area contributed by atoms with E-state index in [-0.39, 0.29) is 24.0 Å². The van der Waals surface area contributed by atoms with Crippen LogP contribution >= 0.6 is 0 Å². The van der Waals surface area contributed by atoms with Crippen molar-refractivity contribution in [3.8, 4) is 0 Å². The Hall–Kier alpha value is -0.660. The van der Waals surface area contributed by atoms with Gasteiger partial charge in [0, 0.05) is 13.2 Å². The number of carbonyl (C=O) groups excluding carboxylic acids is 1. The van der Waals surface area contributed by atoms with Gasteiger partial charge in [0.05, 0.1) is 17.6 Å². The molecule has 2 aliphatic heterocycles. The molecule has 0 aromatic rings. The molecule has 2 aliphatic rings. The maximum Gasteiger partial charge on any atom is 0.238 e. The van der Waals surface area contributed by atoms with Gasteiger partial charge in [0.25, 0.3) is 0 Å². The van der Waals surface area contributed by atoms with E-state index in [2.05, 4.69) is 5.32 Å². The van der Waals surface area contributed by atoms with E-state index in [4.69, 9.17) is 10.5 Å². The van der Waals surface area contributed by atoms with Gasteiger partial charge in [-0.2, -0.15) is 0 Å². The van der Waals surface area contributed by atoms with Gasteiger partial charge in [0.1, 0.15) is 5.54 Å². The van der Waals surface area contributed by atoms with Gasteiger partial charge in [-0.1, -0.05) is 0 Å². The van der Waals surface area contributed by atoms with E-state index in [1.165, 1.54) is 0 Å². The molecule has 2 unspecified atom stereocenters. The molecular weight excluding hydrogens is 244 g/mol. The zero-order valence-electron chi connectivity index (χ0n) is 9.65. The van der Waals surface area contributed by atoms with Gasteiger partial charge >= 0.3 is 0 Å². The first-order chi connectivity index (χ1) is 7.94. The predicted molar refractivity (Wildman–Crippen MR) is 62.2 cm³/mol. The molecule has 3 N–H and O–H groups in total. The number of hydrogen-bond donors (Lipinski definition) is 2. The quantitative estimate of drug-likeness (QED) is 0.663. The summed E-state index contributed by atoms with van der Waals surface area (Å²) in [6.07, 6.45) is 2.27. The number of nitrogens with two attached hydrogens (primary N) is 1. The molecule has 0 aliphatic carbocycles. The van der Waals surface area contributed by atoms with Crippen LogP contribution in [-0.2, 0) is 19.4 Å². The van der Waals surface area contributed by atoms with Crippen LogP contribution < -0.4 is 11.1 Å². The molecule has 0 radical (unpaired) electrons. The summed E-state index contributed by atoms with van der Waals surface area (Å²) >= 11 is 0. The van der Waals surface area contributed by atoms with Crippen molar-refractivity contribution >= 4 is 15.7 Å². The van der Waals surface area contributed by atoms with Gasteiger partial charge in [-0.25, -0.2) is 8.42 Å². The molecule has 2 atom stereocenters. The number of amides is 1. The summed E-state index contributed by atoms with van der Waals surface area (Å²) in [6, 6.07) is 0. The molecule has 0 bridgehead atoms. The number of sulfone groups is 1. The van der Waals surface area contributed by atoms with Crippen LogP contribution in [0.3, 0.4) is 0 Å². The maximum absolute atomic E-state index is 11.5. The monoisotopic (exact) mass is 262 g/mol. The van der Waals surface area contributed by atoms with Crippen molar-refractivity contribution in [2.45, 2.75) is 30.9 Å². The lowest BCUT2D eigenvalue weighted by Gasteiger charge is -2.26. The highest BCUT2D eigenvalue weighted by atomic mass is 32.2. The molecule has 0 saturated carbocycles. The Bertz CT molecular complexity index is 403. The highest BCUT2D eigenvalue weighted by Gasteiger charge is 2.47. The van der Waals surface area contributed by atoms with Crippen molar-refractivity contribution in [2.24, 2.45) is 5.73 Å². The second-order valence-corrected chi connectivity index (χ2v) is 6.99. The van der Waals surface area contributed by atoms with E-state index in [1.54, 1.807) is 0 Å². The Morgan fingerprint density at radius 1 is 1.53 bits per heavy atom. The smallest absolute Gasteiger partial charge is 0.238 e. The molecule has 2 fully saturated rings. The Kier molecular flexibility index (Phi) is 3.42. The Morgan fingerprint density at radius 3 is 2.76 bits per heavy atom. The zero-order chi connectivity index (χ0) is 12.5. The molecule has 17 heavy (non-hydrogen) atoms. The van der Waals surface area contributed by atoms with E-state index < -0.39 is 21.3 Å². The van der Waals surface area contributed by atoms with Crippen LogP contribution in [0.15, 0.2) is 0 Å². The minimum atomic E-state index is -3.15. The topological polar surface area (TPSA) is 98.5 Å². The summed E-state index contributed by atoms with van der Waals surface area (Å²) in [4.78, 5) is 11.5. The highest BCUT2D eigenvalue weighted by Crippen LogP contribution is 2.24. The second kappa shape index (κ2) is 4.55. The summed E-state index contributed by atoms with van der Waals surface area (Å²) in [5.74, 6) is -0.757. The van der Waals surface area contributed by atoms with E-state index in [9.17, 15) is 13.2 Å². The first-order valence-corrected chi connectivity index (χ1v) is 7.63. The van der Waals surface area contributed by atoms with E-state index >= 15 is 0 Å². The fraction of sp³-hybridized carbons (Fsp3) is 0.900. The molecular formula is C10H18N2O4S. The number of hydrogen-bond acceptors (Lipinski definition) is 5. The number of primary amides is 1. The molecule has 1 amide bonds. The molecule has 98 valence electrons. The molecule has 2 saturated heterocycles. The van der Waals surface area contributed by atoms with E-state index in [1.807, 2.05) is 0 Å². The minimum absolute atomic E-state index is 0.0223. The van der Waals surface area contributed by atoms with Gasteiger partial charge in [-0.05, 0) is 19.3 Å². The van der Waals surface area contributed by atoms with Crippen molar-refractivity contribution < 1.29 is 17.9 Å². The van der Waals surface area contributed by atoms with Crippen LogP contribution in [0.5, 0.6) is 0 Å². The number of carbonyl (C=O) groups is 1. The molecule has 2 rings (SSSR count). The first kappa shape index (κ1) is 12.8. The van der Waals surface area contributed by atoms with Crippen LogP contribution in [0, 0.1) is 0 Å². The number of ether oxygens (including phenoxy) is 1. The lowest BCUT2D eigenvalue weighted by atomic mass is 9.98. The lowest BCUT2D eigenvalue weighted by Crippen LogP contribution is -2.58. The van der Waals surface area contributed by atoms with Gasteiger partial charge in [-0.3, -0.25) is 10.1 Å². The predicted octanol–water partition coefficient (Wildman–Crippen LogP) is -1.20. The third-order valence-electron chi connectivity index (χ3n) is 3.47. The normalized spacial score (nSPS) is 36.1. The third kappa shape index (κ3) is 2.78. The van der Waals surface area contributed by atoms with Crippen molar-refractivity contribution in [3.63, 3.8) is 0 Å².